The molecule has 1 fully saturated rings. The van der Waals surface area contributed by atoms with Crippen LogP contribution in [0.25, 0.3) is 0 Å². The van der Waals surface area contributed by atoms with E-state index in [1.54, 1.807) is 11.3 Å². The van der Waals surface area contributed by atoms with Crippen LogP contribution in [0, 0.1) is 5.92 Å². The van der Waals surface area contributed by atoms with Crippen LogP contribution in [0.15, 0.2) is 16.8 Å². The van der Waals surface area contributed by atoms with Gasteiger partial charge in [-0.15, -0.1) is 0 Å². The van der Waals surface area contributed by atoms with Crippen molar-refractivity contribution in [2.75, 3.05) is 20.1 Å². The lowest BCUT2D eigenvalue weighted by Gasteiger charge is -2.28. The molecule has 1 aliphatic rings. The van der Waals surface area contributed by atoms with Gasteiger partial charge in [-0.3, -0.25) is 4.90 Å². The normalized spacial score (nSPS) is 26.3. The zero-order valence-corrected chi connectivity index (χ0v) is 10.4. The molecule has 2 unspecified atom stereocenters. The van der Waals surface area contributed by atoms with Crippen LogP contribution in [0.3, 0.4) is 0 Å². The minimum absolute atomic E-state index is 0.718. The van der Waals surface area contributed by atoms with Crippen molar-refractivity contribution in [3.63, 3.8) is 0 Å². The highest BCUT2D eigenvalue weighted by Gasteiger charge is 2.28. The zero-order chi connectivity index (χ0) is 10.7. The first kappa shape index (κ1) is 11.1. The predicted molar refractivity (Wildman–Crippen MR) is 66.2 cm³/mol. The van der Waals surface area contributed by atoms with E-state index in [9.17, 15) is 0 Å². The highest BCUT2D eigenvalue weighted by molar-refractivity contribution is 7.07. The largest absolute Gasteiger partial charge is 0.315 e. The molecule has 0 saturated carbocycles. The lowest BCUT2D eigenvalue weighted by atomic mass is 9.99. The van der Waals surface area contributed by atoms with Gasteiger partial charge in [0.25, 0.3) is 0 Å². The Labute approximate surface area is 96.3 Å². The van der Waals surface area contributed by atoms with Gasteiger partial charge in [0.2, 0.25) is 0 Å². The van der Waals surface area contributed by atoms with Gasteiger partial charge in [0.1, 0.15) is 0 Å². The smallest absolute Gasteiger partial charge is 0.0261 e. The van der Waals surface area contributed by atoms with Crippen molar-refractivity contribution in [2.45, 2.75) is 25.9 Å². The molecule has 0 aliphatic carbocycles. The molecule has 1 N–H and O–H groups in total. The fourth-order valence-electron chi connectivity index (χ4n) is 2.44. The SMILES string of the molecule is CCC1CNCC1N(C)Cc1ccsc1. The van der Waals surface area contributed by atoms with Gasteiger partial charge in [-0.05, 0) is 41.9 Å². The highest BCUT2D eigenvalue weighted by Crippen LogP contribution is 2.20. The van der Waals surface area contributed by atoms with E-state index < -0.39 is 0 Å². The summed E-state index contributed by atoms with van der Waals surface area (Å²) in [5.41, 5.74) is 1.45. The van der Waals surface area contributed by atoms with E-state index in [4.69, 9.17) is 0 Å². The molecule has 0 bridgehead atoms. The molecule has 1 aromatic heterocycles. The number of likely N-dealkylation sites (N-methyl/N-ethyl adjacent to an activating group) is 1. The number of hydrogen-bond acceptors (Lipinski definition) is 3. The third-order valence-corrected chi connectivity index (χ3v) is 4.14. The molecule has 15 heavy (non-hydrogen) atoms. The Kier molecular flexibility index (Phi) is 3.78. The average Bonchev–Trinajstić information content (AvgIpc) is 2.86. The van der Waals surface area contributed by atoms with Crippen molar-refractivity contribution in [3.05, 3.63) is 22.4 Å². The third kappa shape index (κ3) is 2.60. The van der Waals surface area contributed by atoms with Crippen molar-refractivity contribution in [3.8, 4) is 0 Å². The van der Waals surface area contributed by atoms with Crippen LogP contribution in [-0.4, -0.2) is 31.1 Å². The fourth-order valence-corrected chi connectivity index (χ4v) is 3.10. The Morgan fingerprint density at radius 1 is 1.53 bits per heavy atom. The molecule has 84 valence electrons. The van der Waals surface area contributed by atoms with Crippen molar-refractivity contribution in [1.82, 2.24) is 10.2 Å². The summed E-state index contributed by atoms with van der Waals surface area (Å²) in [7, 11) is 2.25. The summed E-state index contributed by atoms with van der Waals surface area (Å²) in [5, 5.41) is 7.90. The maximum absolute atomic E-state index is 3.49. The molecule has 2 heterocycles. The lowest BCUT2D eigenvalue weighted by molar-refractivity contribution is 0.201. The van der Waals surface area contributed by atoms with Gasteiger partial charge in [-0.2, -0.15) is 11.3 Å². The monoisotopic (exact) mass is 224 g/mol. The minimum atomic E-state index is 0.718. The zero-order valence-electron chi connectivity index (χ0n) is 9.57. The molecule has 0 amide bonds. The second-order valence-electron chi connectivity index (χ2n) is 4.44. The Morgan fingerprint density at radius 3 is 3.07 bits per heavy atom. The molecule has 1 aliphatic heterocycles. The molecule has 1 aromatic rings. The molecular weight excluding hydrogens is 204 g/mol. The van der Waals surface area contributed by atoms with Crippen molar-refractivity contribution in [1.29, 1.82) is 0 Å². The Morgan fingerprint density at radius 2 is 2.40 bits per heavy atom. The molecule has 0 aromatic carbocycles. The maximum Gasteiger partial charge on any atom is 0.0261 e. The van der Waals surface area contributed by atoms with Crippen LogP contribution in [0.4, 0.5) is 0 Å². The minimum Gasteiger partial charge on any atom is -0.315 e. The quantitative estimate of drug-likeness (QED) is 0.843. The van der Waals surface area contributed by atoms with Crippen LogP contribution in [0.2, 0.25) is 0 Å². The molecular formula is C12H20N2S. The van der Waals surface area contributed by atoms with Crippen LogP contribution in [-0.2, 0) is 6.54 Å². The lowest BCUT2D eigenvalue weighted by Crippen LogP contribution is -2.37. The molecule has 0 spiro atoms. The van der Waals surface area contributed by atoms with Crippen molar-refractivity contribution in [2.24, 2.45) is 5.92 Å². The Hall–Kier alpha value is -0.380. The van der Waals surface area contributed by atoms with E-state index in [2.05, 4.69) is 41.0 Å². The Balaban J connectivity index is 1.92. The van der Waals surface area contributed by atoms with E-state index in [0.717, 1.165) is 25.0 Å². The summed E-state index contributed by atoms with van der Waals surface area (Å²) in [4.78, 5) is 2.50. The van der Waals surface area contributed by atoms with E-state index in [0.29, 0.717) is 0 Å². The number of nitrogens with zero attached hydrogens (tertiary/aromatic N) is 1. The van der Waals surface area contributed by atoms with E-state index >= 15 is 0 Å². The summed E-state index contributed by atoms with van der Waals surface area (Å²) in [5.74, 6) is 0.827. The summed E-state index contributed by atoms with van der Waals surface area (Å²) in [6.07, 6.45) is 1.28. The van der Waals surface area contributed by atoms with E-state index in [1.165, 1.54) is 18.5 Å². The number of thiophene rings is 1. The van der Waals surface area contributed by atoms with Crippen LogP contribution >= 0.6 is 11.3 Å². The van der Waals surface area contributed by atoms with Crippen LogP contribution in [0.5, 0.6) is 0 Å². The molecule has 2 nitrogen and oxygen atoms in total. The van der Waals surface area contributed by atoms with Gasteiger partial charge in [0, 0.05) is 19.1 Å². The summed E-state index contributed by atoms with van der Waals surface area (Å²) in [6.45, 7) is 5.73. The topological polar surface area (TPSA) is 15.3 Å². The second kappa shape index (κ2) is 5.10. The van der Waals surface area contributed by atoms with E-state index in [1.807, 2.05) is 0 Å². The molecule has 3 heteroatoms. The van der Waals surface area contributed by atoms with Gasteiger partial charge in [0.15, 0.2) is 0 Å². The van der Waals surface area contributed by atoms with Gasteiger partial charge < -0.3 is 5.32 Å². The Bertz CT molecular complexity index is 284. The highest BCUT2D eigenvalue weighted by atomic mass is 32.1. The summed E-state index contributed by atoms with van der Waals surface area (Å²) < 4.78 is 0. The third-order valence-electron chi connectivity index (χ3n) is 3.41. The first-order valence-corrected chi connectivity index (χ1v) is 6.67. The van der Waals surface area contributed by atoms with Crippen molar-refractivity contribution < 1.29 is 0 Å². The maximum atomic E-state index is 3.49. The van der Waals surface area contributed by atoms with Gasteiger partial charge in [0.05, 0.1) is 0 Å². The summed E-state index contributed by atoms with van der Waals surface area (Å²) in [6, 6.07) is 2.94. The molecule has 1 saturated heterocycles. The summed E-state index contributed by atoms with van der Waals surface area (Å²) >= 11 is 1.79. The number of nitrogens with one attached hydrogen (secondary N) is 1. The van der Waals surface area contributed by atoms with Gasteiger partial charge in [-0.1, -0.05) is 13.3 Å². The van der Waals surface area contributed by atoms with Crippen molar-refractivity contribution >= 4 is 11.3 Å². The molecule has 2 atom stereocenters. The molecule has 2 rings (SSSR count). The van der Waals surface area contributed by atoms with Crippen LogP contribution in [0.1, 0.15) is 18.9 Å². The predicted octanol–water partition coefficient (Wildman–Crippen LogP) is 2.18. The first-order chi connectivity index (χ1) is 7.31. The van der Waals surface area contributed by atoms with Gasteiger partial charge in [-0.25, -0.2) is 0 Å². The molecule has 0 radical (unpaired) electrons. The number of hydrogen-bond donors (Lipinski definition) is 1. The standard InChI is InChI=1S/C12H20N2S/c1-3-11-6-13-7-12(11)14(2)8-10-4-5-15-9-10/h4-5,9,11-13H,3,6-8H2,1-2H3. The van der Waals surface area contributed by atoms with Crippen LogP contribution < -0.4 is 5.32 Å². The second-order valence-corrected chi connectivity index (χ2v) is 5.22. The van der Waals surface area contributed by atoms with E-state index in [-0.39, 0.29) is 0 Å². The van der Waals surface area contributed by atoms with Gasteiger partial charge >= 0.3 is 0 Å². The first-order valence-electron chi connectivity index (χ1n) is 5.73. The average molecular weight is 224 g/mol. The number of rotatable bonds is 4. The fraction of sp³-hybridized carbons (Fsp3) is 0.667.